The third-order valence-corrected chi connectivity index (χ3v) is 8.76. The zero-order valence-corrected chi connectivity index (χ0v) is 20.1. The van der Waals surface area contributed by atoms with E-state index in [4.69, 9.17) is 13.8 Å². The summed E-state index contributed by atoms with van der Waals surface area (Å²) in [4.78, 5) is 12.3. The summed E-state index contributed by atoms with van der Waals surface area (Å²) in [6.45, 7) is 19.6. The maximum atomic E-state index is 12.3. The Balaban J connectivity index is 3.25. The topological polar surface area (TPSA) is 44.8 Å². The molecule has 0 aliphatic heterocycles. The average Bonchev–Trinajstić information content (AvgIpc) is 2.56. The minimum absolute atomic E-state index is 0.343. The number of carbonyl (C=O) groups excluding carboxylic acids is 1. The van der Waals surface area contributed by atoms with Crippen molar-refractivity contribution in [3.63, 3.8) is 0 Å². The molecule has 0 amide bonds. The van der Waals surface area contributed by atoms with Crippen molar-refractivity contribution < 1.29 is 18.6 Å². The molecule has 1 rings (SSSR count). The fraction of sp³-hybridized carbons (Fsp3) is 0.667. The van der Waals surface area contributed by atoms with Crippen LogP contribution in [0.2, 0.25) is 0 Å². The molecule has 27 heavy (non-hydrogen) atoms. The number of rotatable bonds is 10. The van der Waals surface area contributed by atoms with Gasteiger partial charge in [-0.05, 0) is 19.1 Å². The second-order valence-corrected chi connectivity index (χ2v) is 13.6. The molecule has 0 aromatic heterocycles. The van der Waals surface area contributed by atoms with Crippen LogP contribution in [0, 0.1) is 0 Å². The van der Waals surface area contributed by atoms with Crippen LogP contribution in [-0.2, 0) is 4.74 Å². The Bertz CT molecular complexity index is 544. The number of esters is 1. The quantitative estimate of drug-likeness (QED) is 0.304. The third kappa shape index (κ3) is 7.59. The van der Waals surface area contributed by atoms with Gasteiger partial charge in [-0.1, -0.05) is 55.4 Å². The molecule has 4 nitrogen and oxygen atoms in total. The predicted octanol–water partition coefficient (Wildman–Crippen LogP) is 7.05. The maximum Gasteiger partial charge on any atom is 0.338 e. The predicted molar refractivity (Wildman–Crippen MR) is 118 cm³/mol. The van der Waals surface area contributed by atoms with Gasteiger partial charge in [-0.25, -0.2) is 4.79 Å². The Morgan fingerprint density at radius 2 is 1.15 bits per heavy atom. The minimum Gasteiger partial charge on any atom is -0.473 e. The van der Waals surface area contributed by atoms with Crippen LogP contribution in [0.3, 0.4) is 0 Å². The van der Waals surface area contributed by atoms with Gasteiger partial charge in [0.15, 0.2) is 0 Å². The van der Waals surface area contributed by atoms with Crippen LogP contribution in [0.25, 0.3) is 0 Å². The molecule has 0 fully saturated rings. The van der Waals surface area contributed by atoms with Gasteiger partial charge in [0.1, 0.15) is 11.5 Å². The lowest BCUT2D eigenvalue weighted by Crippen LogP contribution is -2.11. The van der Waals surface area contributed by atoms with Crippen LogP contribution >= 0.6 is 16.3 Å². The summed E-state index contributed by atoms with van der Waals surface area (Å²) < 4.78 is 17.9. The second kappa shape index (κ2) is 11.2. The zero-order chi connectivity index (χ0) is 20.7. The number of ether oxygens (including phenoxy) is 1. The van der Waals surface area contributed by atoms with Crippen molar-refractivity contribution in [2.75, 3.05) is 6.61 Å². The van der Waals surface area contributed by atoms with E-state index in [0.717, 1.165) is 0 Å². The van der Waals surface area contributed by atoms with Gasteiger partial charge in [-0.15, -0.1) is 0 Å². The molecular weight excluding hydrogens is 378 g/mol. The lowest BCUT2D eigenvalue weighted by molar-refractivity contribution is 0.0526. The second-order valence-electron chi connectivity index (χ2n) is 7.69. The SMILES string of the molecule is CCOC(=O)c1cc(OP(C(C)C)C(C)C)cc(OP(C(C)C)C(C)C)c1. The van der Waals surface area contributed by atoms with E-state index >= 15 is 0 Å². The molecule has 0 spiro atoms. The molecule has 0 saturated carbocycles. The summed E-state index contributed by atoms with van der Waals surface area (Å²) in [6, 6.07) is 5.47. The molecule has 0 radical (unpaired) electrons. The van der Waals surface area contributed by atoms with Crippen molar-refractivity contribution in [2.24, 2.45) is 0 Å². The van der Waals surface area contributed by atoms with Gasteiger partial charge >= 0.3 is 5.97 Å². The normalized spacial score (nSPS) is 12.0. The summed E-state index contributed by atoms with van der Waals surface area (Å²) in [5.74, 6) is 1.03. The molecule has 0 heterocycles. The molecule has 154 valence electrons. The van der Waals surface area contributed by atoms with Crippen molar-refractivity contribution in [2.45, 2.75) is 84.9 Å². The molecule has 0 aliphatic rings. The molecule has 0 N–H and O–H groups in total. The lowest BCUT2D eigenvalue weighted by Gasteiger charge is -2.28. The number of hydrogen-bond acceptors (Lipinski definition) is 4. The standard InChI is InChI=1S/C21H36O4P2/c1-10-23-21(22)18-11-19(24-26(14(2)3)15(4)5)13-20(12-18)25-27(16(6)7)17(8)9/h11-17H,10H2,1-9H3. The third-order valence-electron chi connectivity index (χ3n) is 3.85. The highest BCUT2D eigenvalue weighted by molar-refractivity contribution is 7.54. The van der Waals surface area contributed by atoms with Crippen molar-refractivity contribution >= 4 is 22.3 Å². The van der Waals surface area contributed by atoms with Gasteiger partial charge in [-0.3, -0.25) is 0 Å². The van der Waals surface area contributed by atoms with Crippen molar-refractivity contribution in [1.29, 1.82) is 0 Å². The monoisotopic (exact) mass is 414 g/mol. The highest BCUT2D eigenvalue weighted by Crippen LogP contribution is 2.50. The first-order valence-corrected chi connectivity index (χ1v) is 12.6. The van der Waals surface area contributed by atoms with Crippen molar-refractivity contribution in [1.82, 2.24) is 0 Å². The van der Waals surface area contributed by atoms with E-state index in [1.165, 1.54) is 0 Å². The Kier molecular flexibility index (Phi) is 10.1. The van der Waals surface area contributed by atoms with Gasteiger partial charge in [0.25, 0.3) is 0 Å². The first-order valence-electron chi connectivity index (χ1n) is 9.81. The average molecular weight is 414 g/mol. The van der Waals surface area contributed by atoms with E-state index in [-0.39, 0.29) is 5.97 Å². The van der Waals surface area contributed by atoms with Crippen molar-refractivity contribution in [3.05, 3.63) is 23.8 Å². The molecule has 0 saturated heterocycles. The van der Waals surface area contributed by atoms with E-state index in [2.05, 4.69) is 55.4 Å². The van der Waals surface area contributed by atoms with Gasteiger partial charge in [-0.2, -0.15) is 0 Å². The zero-order valence-electron chi connectivity index (χ0n) is 18.3. The molecule has 0 aliphatic carbocycles. The summed E-state index contributed by atoms with van der Waals surface area (Å²) in [5.41, 5.74) is 2.20. The van der Waals surface area contributed by atoms with Crippen LogP contribution in [0.15, 0.2) is 18.2 Å². The fourth-order valence-corrected chi connectivity index (χ4v) is 6.79. The maximum absolute atomic E-state index is 12.3. The molecule has 1 aromatic rings. The number of benzene rings is 1. The Labute approximate surface area is 168 Å². The summed E-state index contributed by atoms with van der Waals surface area (Å²) in [7, 11) is -1.31. The van der Waals surface area contributed by atoms with Crippen LogP contribution in [-0.4, -0.2) is 35.2 Å². The summed E-state index contributed by atoms with van der Waals surface area (Å²) >= 11 is 0. The van der Waals surface area contributed by atoms with E-state index in [9.17, 15) is 4.79 Å². The smallest absolute Gasteiger partial charge is 0.338 e. The Hall–Kier alpha value is -0.850. The van der Waals surface area contributed by atoms with E-state index in [1.807, 2.05) is 13.0 Å². The highest BCUT2D eigenvalue weighted by Gasteiger charge is 2.24. The summed E-state index contributed by atoms with van der Waals surface area (Å²) in [5, 5.41) is 0. The molecule has 1 aromatic carbocycles. The van der Waals surface area contributed by atoms with Crippen LogP contribution < -0.4 is 9.05 Å². The Morgan fingerprint density at radius 1 is 0.778 bits per heavy atom. The van der Waals surface area contributed by atoms with Crippen molar-refractivity contribution in [3.8, 4) is 11.5 Å². The van der Waals surface area contributed by atoms with Crippen LogP contribution in [0.1, 0.15) is 72.7 Å². The van der Waals surface area contributed by atoms with Gasteiger partial charge in [0.05, 0.1) is 28.5 Å². The van der Waals surface area contributed by atoms with Gasteiger partial charge < -0.3 is 13.8 Å². The molecule has 0 atom stereocenters. The Morgan fingerprint density at radius 3 is 1.44 bits per heavy atom. The number of hydrogen-bond donors (Lipinski definition) is 0. The van der Waals surface area contributed by atoms with Crippen LogP contribution in [0.4, 0.5) is 0 Å². The molecule has 0 unspecified atom stereocenters. The fourth-order valence-electron chi connectivity index (χ4n) is 2.87. The minimum atomic E-state index is -0.654. The molecule has 6 heteroatoms. The number of carbonyl (C=O) groups is 1. The summed E-state index contributed by atoms with van der Waals surface area (Å²) in [6.07, 6.45) is 0. The van der Waals surface area contributed by atoms with E-state index < -0.39 is 16.3 Å². The molecular formula is C21H36O4P2. The van der Waals surface area contributed by atoms with Gasteiger partial charge in [0.2, 0.25) is 0 Å². The first kappa shape index (κ1) is 24.2. The molecule has 0 bridgehead atoms. The van der Waals surface area contributed by atoms with Gasteiger partial charge in [0, 0.05) is 28.7 Å². The van der Waals surface area contributed by atoms with Crippen LogP contribution in [0.5, 0.6) is 11.5 Å². The van der Waals surface area contributed by atoms with E-state index in [1.54, 1.807) is 12.1 Å². The largest absolute Gasteiger partial charge is 0.473 e. The lowest BCUT2D eigenvalue weighted by atomic mass is 10.2. The first-order chi connectivity index (χ1) is 12.6. The highest BCUT2D eigenvalue weighted by atomic mass is 31.1. The van der Waals surface area contributed by atoms with E-state index in [0.29, 0.717) is 46.3 Å².